The Bertz CT molecular complexity index is 1360. The van der Waals surface area contributed by atoms with E-state index in [9.17, 15) is 13.2 Å². The molecule has 8 nitrogen and oxygen atoms in total. The van der Waals surface area contributed by atoms with Gasteiger partial charge in [0.05, 0.1) is 11.5 Å². The highest BCUT2D eigenvalue weighted by atomic mass is 32.2. The van der Waals surface area contributed by atoms with E-state index in [0.29, 0.717) is 30.3 Å². The number of thioether (sulfide) groups is 1. The molecule has 0 saturated carbocycles. The van der Waals surface area contributed by atoms with Gasteiger partial charge in [0.15, 0.2) is 5.69 Å². The highest BCUT2D eigenvalue weighted by molar-refractivity contribution is 7.98. The van der Waals surface area contributed by atoms with Gasteiger partial charge in [-0.3, -0.25) is 0 Å². The molecule has 0 amide bonds. The van der Waals surface area contributed by atoms with Crippen molar-refractivity contribution in [3.8, 4) is 0 Å². The first-order valence-electron chi connectivity index (χ1n) is 12.6. The highest BCUT2D eigenvalue weighted by Gasteiger charge is 2.24. The van der Waals surface area contributed by atoms with Crippen LogP contribution in [-0.4, -0.2) is 62.1 Å². The summed E-state index contributed by atoms with van der Waals surface area (Å²) < 4.78 is 36.1. The quantitative estimate of drug-likeness (QED) is 0.126. The smallest absolute Gasteiger partial charge is 0.357 e. The minimum atomic E-state index is -3.76. The maximum absolute atomic E-state index is 12.8. The molecule has 0 saturated heterocycles. The van der Waals surface area contributed by atoms with E-state index in [1.165, 1.54) is 18.1 Å². The van der Waals surface area contributed by atoms with E-state index >= 15 is 0 Å². The first-order valence-corrected chi connectivity index (χ1v) is 15.3. The van der Waals surface area contributed by atoms with Gasteiger partial charge in [-0.2, -0.15) is 8.42 Å². The molecule has 0 radical (unpaired) electrons. The zero-order chi connectivity index (χ0) is 27.7. The Hall–Kier alpha value is -3.11. The van der Waals surface area contributed by atoms with Gasteiger partial charge in [-0.25, -0.2) is 9.78 Å². The molecule has 204 valence electrons. The van der Waals surface area contributed by atoms with Gasteiger partial charge in [-0.05, 0) is 54.8 Å². The number of nitrogens with zero attached hydrogens (tertiary/aromatic N) is 4. The predicted molar refractivity (Wildman–Crippen MR) is 153 cm³/mol. The van der Waals surface area contributed by atoms with Gasteiger partial charge in [-0.15, -0.1) is 16.2 Å². The lowest BCUT2D eigenvalue weighted by atomic mass is 10.0. The first kappa shape index (κ1) is 29.4. The van der Waals surface area contributed by atoms with Crippen LogP contribution in [0.1, 0.15) is 59.7 Å². The number of aryl methyl sites for hydroxylation is 1. The van der Waals surface area contributed by atoms with Gasteiger partial charge >= 0.3 is 5.97 Å². The van der Waals surface area contributed by atoms with E-state index in [1.807, 2.05) is 41.2 Å². The van der Waals surface area contributed by atoms with Crippen LogP contribution in [0.25, 0.3) is 0 Å². The zero-order valence-electron chi connectivity index (χ0n) is 22.7. The third-order valence-electron chi connectivity index (χ3n) is 5.82. The third kappa shape index (κ3) is 7.70. The fraction of sp³-hybridized carbons (Fsp3) is 0.393. The second-order valence-corrected chi connectivity index (χ2v) is 11.5. The molecule has 0 aliphatic rings. The third-order valence-corrected chi connectivity index (χ3v) is 7.71. The van der Waals surface area contributed by atoms with Crippen molar-refractivity contribution in [3.63, 3.8) is 0 Å². The van der Waals surface area contributed by atoms with Crippen LogP contribution in [0.5, 0.6) is 0 Å². The molecule has 2 aromatic carbocycles. The van der Waals surface area contributed by atoms with E-state index in [2.05, 4.69) is 11.3 Å². The van der Waals surface area contributed by atoms with Gasteiger partial charge < -0.3 is 14.2 Å². The molecule has 38 heavy (non-hydrogen) atoms. The number of aromatic nitrogens is 2. The summed E-state index contributed by atoms with van der Waals surface area (Å²) in [5.41, 5.74) is 3.47. The van der Waals surface area contributed by atoms with Crippen molar-refractivity contribution in [2.75, 3.05) is 27.0 Å². The molecule has 3 rings (SSSR count). The summed E-state index contributed by atoms with van der Waals surface area (Å²) in [4.78, 5) is 19.3. The van der Waals surface area contributed by atoms with Gasteiger partial charge in [0, 0.05) is 27.1 Å². The molecule has 0 atom stereocenters. The number of imidazole rings is 1. The molecule has 0 aliphatic heterocycles. The average Bonchev–Trinajstić information content (AvgIpc) is 3.25. The van der Waals surface area contributed by atoms with Crippen molar-refractivity contribution in [2.45, 2.75) is 56.0 Å². The Labute approximate surface area is 230 Å². The number of unbranched alkanes of at least 4 members (excludes halogenated alkanes) is 1. The van der Waals surface area contributed by atoms with Gasteiger partial charge in [0.1, 0.15) is 17.2 Å². The molecule has 3 aromatic rings. The van der Waals surface area contributed by atoms with E-state index in [0.717, 1.165) is 41.8 Å². The molecule has 0 spiro atoms. The minimum Gasteiger partial charge on any atom is -0.461 e. The van der Waals surface area contributed by atoms with E-state index in [1.54, 1.807) is 44.1 Å². The Morgan fingerprint density at radius 1 is 1.11 bits per heavy atom. The summed E-state index contributed by atoms with van der Waals surface area (Å²) in [5, 5.41) is 0.691. The fourth-order valence-electron chi connectivity index (χ4n) is 3.92. The highest BCUT2D eigenvalue weighted by Crippen LogP contribution is 2.25. The number of ether oxygens (including phenoxy) is 1. The number of benzene rings is 2. The number of hydrogen-bond donors (Lipinski definition) is 0. The molecule has 0 aliphatic carbocycles. The molecule has 10 heteroatoms. The number of carbonyl (C=O) groups is 1. The van der Waals surface area contributed by atoms with Crippen LogP contribution >= 0.6 is 11.8 Å². The van der Waals surface area contributed by atoms with Crippen molar-refractivity contribution in [1.29, 1.82) is 0 Å². The van der Waals surface area contributed by atoms with Gasteiger partial charge in [0.25, 0.3) is 10.0 Å². The summed E-state index contributed by atoms with van der Waals surface area (Å²) in [7, 11) is -0.319. The molecule has 0 fully saturated rings. The zero-order valence-corrected chi connectivity index (χ0v) is 24.3. The molecule has 1 aromatic heterocycles. The van der Waals surface area contributed by atoms with Gasteiger partial charge in [0.2, 0.25) is 0 Å². The Morgan fingerprint density at radius 3 is 2.45 bits per heavy atom. The second kappa shape index (κ2) is 13.6. The number of carbonyl (C=O) groups excluding carboxylic acids is 1. The largest absolute Gasteiger partial charge is 0.461 e. The van der Waals surface area contributed by atoms with Crippen molar-refractivity contribution in [2.24, 2.45) is 4.40 Å². The lowest BCUT2D eigenvalue weighted by Gasteiger charge is -2.13. The normalized spacial score (nSPS) is 11.7. The lowest BCUT2D eigenvalue weighted by Crippen LogP contribution is -2.16. The molecule has 1 heterocycles. The summed E-state index contributed by atoms with van der Waals surface area (Å²) >= 11 is 1.45. The molecule has 0 bridgehead atoms. The summed E-state index contributed by atoms with van der Waals surface area (Å²) in [6.45, 7) is 4.76. The van der Waals surface area contributed by atoms with E-state index < -0.39 is 10.0 Å². The van der Waals surface area contributed by atoms with Crippen LogP contribution in [0, 0.1) is 0 Å². The standard InChI is InChI=1S/C28H36N4O4S2/c1-6-8-12-25-30-27(37-5)26(28(33)36-7-2)32(25)19-22-15-13-21(14-16-22)17-23-10-9-11-24(18-23)38(34,35)29-20-31(3)4/h9-11,13-16,18,20H,6-8,12,17,19H2,1-5H3/b29-20+. The Balaban J connectivity index is 1.83. The SMILES string of the molecule is CCCCc1nc(SC)c(C(=O)OCC)n1Cc1ccc(Cc2cccc(S(=O)(=O)/N=C/N(C)C)c2)cc1. The van der Waals surface area contributed by atoms with Crippen LogP contribution in [-0.2, 0) is 34.1 Å². The Morgan fingerprint density at radius 2 is 1.82 bits per heavy atom. The second-order valence-electron chi connectivity index (χ2n) is 9.10. The van der Waals surface area contributed by atoms with E-state index in [-0.39, 0.29) is 10.9 Å². The number of hydrogen-bond acceptors (Lipinski definition) is 6. The van der Waals surface area contributed by atoms with Crippen LogP contribution in [0.3, 0.4) is 0 Å². The predicted octanol–water partition coefficient (Wildman–Crippen LogP) is 5.04. The summed E-state index contributed by atoms with van der Waals surface area (Å²) in [5.74, 6) is 0.534. The average molecular weight is 557 g/mol. The van der Waals surface area contributed by atoms with Crippen LogP contribution < -0.4 is 0 Å². The lowest BCUT2D eigenvalue weighted by molar-refractivity contribution is 0.0509. The monoisotopic (exact) mass is 556 g/mol. The Kier molecular flexibility index (Phi) is 10.6. The van der Waals surface area contributed by atoms with Crippen molar-refractivity contribution < 1.29 is 17.9 Å². The van der Waals surface area contributed by atoms with Crippen molar-refractivity contribution in [1.82, 2.24) is 14.5 Å². The number of sulfonamides is 1. The first-order chi connectivity index (χ1) is 18.2. The van der Waals surface area contributed by atoms with E-state index in [4.69, 9.17) is 9.72 Å². The molecular weight excluding hydrogens is 520 g/mol. The van der Waals surface area contributed by atoms with Crippen molar-refractivity contribution >= 4 is 34.1 Å². The molecular formula is C28H36N4O4S2. The van der Waals surface area contributed by atoms with Gasteiger partial charge in [-0.1, -0.05) is 49.7 Å². The maximum Gasteiger partial charge on any atom is 0.357 e. The van der Waals surface area contributed by atoms with Crippen LogP contribution in [0.2, 0.25) is 0 Å². The fourth-order valence-corrected chi connectivity index (χ4v) is 5.49. The molecule has 0 unspecified atom stereocenters. The number of rotatable bonds is 13. The molecule has 0 N–H and O–H groups in total. The minimum absolute atomic E-state index is 0.167. The summed E-state index contributed by atoms with van der Waals surface area (Å²) in [6.07, 6.45) is 6.60. The summed E-state index contributed by atoms with van der Waals surface area (Å²) in [6, 6.07) is 15.0. The number of esters is 1. The topological polar surface area (TPSA) is 93.9 Å². The van der Waals surface area contributed by atoms with Crippen LogP contribution in [0.4, 0.5) is 0 Å². The van der Waals surface area contributed by atoms with Crippen molar-refractivity contribution in [3.05, 3.63) is 76.7 Å². The maximum atomic E-state index is 12.8. The van der Waals surface area contributed by atoms with Crippen LogP contribution in [0.15, 0.2) is 62.9 Å².